The van der Waals surface area contributed by atoms with Gasteiger partial charge in [0.25, 0.3) is 0 Å². The highest BCUT2D eigenvalue weighted by atomic mass is 32.2. The smallest absolute Gasteiger partial charge is 0.326 e. The molecule has 0 aromatic heterocycles. The van der Waals surface area contributed by atoms with Crippen molar-refractivity contribution in [3.8, 4) is 11.5 Å². The summed E-state index contributed by atoms with van der Waals surface area (Å²) in [5.41, 5.74) is 23.4. The predicted molar refractivity (Wildman–Crippen MR) is 405 cm³/mol. The number of aliphatic hydroxyl groups is 1. The summed E-state index contributed by atoms with van der Waals surface area (Å²) in [7, 11) is 0. The number of nitrogens with one attached hydrogen (secondary N) is 14. The van der Waals surface area contributed by atoms with Crippen LogP contribution in [0.1, 0.15) is 138 Å². The number of unbranched alkanes of at least 4 members (excludes halogenated alkanes) is 1. The van der Waals surface area contributed by atoms with E-state index in [1.807, 2.05) is 0 Å². The quantitative estimate of drug-likeness (QED) is 0.0171. The van der Waals surface area contributed by atoms with Gasteiger partial charge in [0.2, 0.25) is 76.8 Å². The second-order valence-corrected chi connectivity index (χ2v) is 28.7. The number of hydrogen-bond acceptors (Lipinski definition) is 22. The summed E-state index contributed by atoms with van der Waals surface area (Å²) in [6, 6.07) is -8.38. The van der Waals surface area contributed by atoms with E-state index in [4.69, 9.17) is 28.3 Å². The third-order valence-electron chi connectivity index (χ3n) is 17.6. The Morgan fingerprint density at radius 2 is 0.836 bits per heavy atom. The molecule has 27 N–H and O–H groups in total. The molecule has 2 rings (SSSR count). The van der Waals surface area contributed by atoms with Gasteiger partial charge in [-0.25, -0.2) is 4.79 Å². The van der Waals surface area contributed by atoms with Gasteiger partial charge in [0.15, 0.2) is 5.96 Å². The Hall–Kier alpha value is -10.4. The Balaban J connectivity index is 2.51. The maximum atomic E-state index is 14.7. The molecule has 0 unspecified atom stereocenters. The van der Waals surface area contributed by atoms with Gasteiger partial charge in [-0.05, 0) is 129 Å². The molecule has 0 aliphatic rings. The van der Waals surface area contributed by atoms with Crippen LogP contribution < -0.4 is 92.1 Å². The lowest BCUT2D eigenvalue weighted by Crippen LogP contribution is -2.62. The largest absolute Gasteiger partial charge is 0.508 e. The number of thioether (sulfide) groups is 1. The van der Waals surface area contributed by atoms with Gasteiger partial charge in [-0.2, -0.15) is 11.8 Å². The molecule has 0 spiro atoms. The van der Waals surface area contributed by atoms with Crippen molar-refractivity contribution in [2.45, 2.75) is 218 Å². The van der Waals surface area contributed by atoms with E-state index in [9.17, 15) is 97.5 Å². The van der Waals surface area contributed by atoms with Crippen molar-refractivity contribution in [2.24, 2.45) is 46.6 Å². The Kier molecular flexibility index (Phi) is 42.5. The first-order chi connectivity index (χ1) is 51.7. The summed E-state index contributed by atoms with van der Waals surface area (Å²) in [6.07, 6.45) is 0.546. The molecule has 0 bridgehead atoms. The van der Waals surface area contributed by atoms with Crippen molar-refractivity contribution >= 4 is 106 Å². The average Bonchev–Trinajstić information content (AvgIpc) is 0.854. The fourth-order valence-electron chi connectivity index (χ4n) is 10.8. The summed E-state index contributed by atoms with van der Waals surface area (Å²) < 4.78 is 0. The third kappa shape index (κ3) is 34.4. The van der Waals surface area contributed by atoms with Gasteiger partial charge in [0, 0.05) is 25.8 Å². The Bertz CT molecular complexity index is 3440. The number of carbonyl (C=O) groups excluding carboxylic acids is 13. The molecule has 2 aromatic carbocycles. The van der Waals surface area contributed by atoms with Crippen molar-refractivity contribution in [1.29, 1.82) is 5.41 Å². The zero-order chi connectivity index (χ0) is 83.2. The number of carboxylic acid groups (broad SMARTS) is 2. The topological polar surface area (TPSA) is 642 Å². The van der Waals surface area contributed by atoms with E-state index in [-0.39, 0.29) is 94.5 Å². The molecule has 13 amide bonds. The number of aliphatic carboxylic acids is 2. The van der Waals surface area contributed by atoms with Crippen LogP contribution in [-0.2, 0) is 84.8 Å². The molecular formula is C71H114N18O20S. The minimum atomic E-state index is -1.80. The van der Waals surface area contributed by atoms with Crippen LogP contribution in [-0.4, -0.2) is 230 Å². The SMILES string of the molecule is CC[C@H](C)[C@H](NC(=O)[C@H](CCSC)NC(=O)[C@H](CCCCN)NC(=O)[C@H](CCCNC(=N)N)NC(=O)[C@@H](NC(=O)[C@@H](NC(=O)[C@H](Cc1ccc(O)cc1)NC(=O)[C@H](CO)NC(=O)[C@H](C)NC(=O)[C@H](Cc1ccc(O)cc1)NC(=O)[C@@H](N)CCC(N)=O)C(C)C)C(C)C)C(=O)N[C@@H](CC(=O)O)C(=O)N[C@H](C(=O)O)C(C)C. The molecule has 0 saturated heterocycles. The van der Waals surface area contributed by atoms with Crippen LogP contribution in [0.25, 0.3) is 0 Å². The van der Waals surface area contributed by atoms with Gasteiger partial charge < -0.3 is 118 Å². The minimum Gasteiger partial charge on any atom is -0.508 e. The summed E-state index contributed by atoms with van der Waals surface area (Å²) in [5.74, 6) is -18.4. The maximum absolute atomic E-state index is 14.7. The van der Waals surface area contributed by atoms with Crippen molar-refractivity contribution in [1.82, 2.24) is 69.1 Å². The van der Waals surface area contributed by atoms with Crippen molar-refractivity contribution < 1.29 is 97.5 Å². The number of aliphatic hydroxyl groups excluding tert-OH is 1. The molecule has 0 heterocycles. The maximum Gasteiger partial charge on any atom is 0.326 e. The van der Waals surface area contributed by atoms with Gasteiger partial charge in [-0.3, -0.25) is 72.5 Å². The molecule has 2 aromatic rings. The minimum absolute atomic E-state index is 0.0189. The number of benzene rings is 2. The molecule has 39 heteroatoms. The van der Waals surface area contributed by atoms with E-state index < -0.39 is 210 Å². The second-order valence-electron chi connectivity index (χ2n) is 27.7. The number of primary amides is 1. The molecule has 0 radical (unpaired) electrons. The van der Waals surface area contributed by atoms with Gasteiger partial charge in [0.05, 0.1) is 19.1 Å². The molecule has 614 valence electrons. The van der Waals surface area contributed by atoms with Gasteiger partial charge >= 0.3 is 11.9 Å². The third-order valence-corrected chi connectivity index (χ3v) is 18.2. The number of guanidine groups is 1. The highest BCUT2D eigenvalue weighted by molar-refractivity contribution is 7.98. The Labute approximate surface area is 643 Å². The normalized spacial score (nSPS) is 15.0. The van der Waals surface area contributed by atoms with Crippen LogP contribution in [0.3, 0.4) is 0 Å². The summed E-state index contributed by atoms with van der Waals surface area (Å²) in [4.78, 5) is 205. The highest BCUT2D eigenvalue weighted by Gasteiger charge is 2.39. The van der Waals surface area contributed by atoms with E-state index >= 15 is 0 Å². The number of hydrogen-bond donors (Lipinski definition) is 23. The van der Waals surface area contributed by atoms with Gasteiger partial charge in [-0.1, -0.05) is 86.1 Å². The molecular weight excluding hydrogens is 1460 g/mol. The summed E-state index contributed by atoms with van der Waals surface area (Å²) in [6.45, 7) is 12.9. The van der Waals surface area contributed by atoms with E-state index in [1.165, 1.54) is 81.1 Å². The number of nitrogens with two attached hydrogens (primary N) is 4. The monoisotopic (exact) mass is 1570 g/mol. The van der Waals surface area contributed by atoms with E-state index in [2.05, 4.69) is 69.1 Å². The number of rotatable bonds is 51. The molecule has 14 atom stereocenters. The predicted octanol–water partition coefficient (Wildman–Crippen LogP) is -3.98. The standard InChI is InChI=1S/C71H114N18O20S/c1-11-38(8)57(69(107)84-50(33-53(94)95)65(103)88-56(37(6)7)70(108)109)89-62(100)47(27-30-110-10)80-60(98)45(15-12-13-28-72)79-61(99)46(16-14-29-77-71(75)76)81-67(105)54(35(2)3)87-68(106)55(36(4)5)86-64(102)49(32-41-19-23-43(92)24-20-41)83-66(104)51(34-90)85-58(96)39(9)78-63(101)48(31-40-17-21-42(91)22-18-40)82-59(97)44(73)25-26-52(74)93/h17-24,35-39,44-51,54-57,90-92H,11-16,25-34,72-73H2,1-10H3,(H2,74,93)(H,78,101)(H,79,99)(H,80,98)(H,81,105)(H,82,97)(H,83,104)(H,84,107)(H,85,96)(H,86,102)(H,87,106)(H,88,103)(H,89,100)(H,94,95)(H,108,109)(H4,75,76,77)/t38-,39-,44-,45-,46-,47-,48-,49-,50-,51-,54-,55-,56-,57-/m0/s1. The first kappa shape index (κ1) is 95.7. The number of aromatic hydroxyl groups is 2. The Morgan fingerprint density at radius 3 is 1.29 bits per heavy atom. The number of phenolic OH excluding ortho intramolecular Hbond substituents is 2. The molecule has 0 fully saturated rings. The van der Waals surface area contributed by atoms with Crippen LogP contribution in [0.15, 0.2) is 48.5 Å². The summed E-state index contributed by atoms with van der Waals surface area (Å²) in [5, 5.41) is 90.3. The zero-order valence-corrected chi connectivity index (χ0v) is 64.6. The van der Waals surface area contributed by atoms with Crippen molar-refractivity contribution in [3.05, 3.63) is 59.7 Å². The van der Waals surface area contributed by atoms with Crippen LogP contribution in [0.4, 0.5) is 0 Å². The fraction of sp³-hybridized carbons (Fsp3) is 0.606. The van der Waals surface area contributed by atoms with E-state index in [0.717, 1.165) is 0 Å². The van der Waals surface area contributed by atoms with Crippen molar-refractivity contribution in [3.63, 3.8) is 0 Å². The Morgan fingerprint density at radius 1 is 0.455 bits per heavy atom. The van der Waals surface area contributed by atoms with Crippen molar-refractivity contribution in [2.75, 3.05) is 31.7 Å². The number of carbonyl (C=O) groups is 15. The molecule has 0 aliphatic carbocycles. The number of carboxylic acids is 2. The van der Waals surface area contributed by atoms with Gasteiger partial charge in [0.1, 0.15) is 84.0 Å². The zero-order valence-electron chi connectivity index (χ0n) is 63.8. The lowest BCUT2D eigenvalue weighted by molar-refractivity contribution is -0.144. The molecule has 0 aliphatic heterocycles. The lowest BCUT2D eigenvalue weighted by Gasteiger charge is -2.30. The molecule has 110 heavy (non-hydrogen) atoms. The first-order valence-corrected chi connectivity index (χ1v) is 37.6. The lowest BCUT2D eigenvalue weighted by atomic mass is 9.97. The number of amides is 13. The van der Waals surface area contributed by atoms with Crippen LogP contribution in [0, 0.1) is 29.1 Å². The molecule has 38 nitrogen and oxygen atoms in total. The van der Waals surface area contributed by atoms with E-state index in [0.29, 0.717) is 17.5 Å². The highest BCUT2D eigenvalue weighted by Crippen LogP contribution is 2.18. The first-order valence-electron chi connectivity index (χ1n) is 36.2. The summed E-state index contributed by atoms with van der Waals surface area (Å²) >= 11 is 1.30. The number of phenols is 2. The second kappa shape index (κ2) is 48.9. The van der Waals surface area contributed by atoms with Crippen LogP contribution >= 0.6 is 11.8 Å². The van der Waals surface area contributed by atoms with E-state index in [1.54, 1.807) is 47.8 Å². The average molecular weight is 1570 g/mol. The molecule has 0 saturated carbocycles. The van der Waals surface area contributed by atoms with Crippen LogP contribution in [0.2, 0.25) is 0 Å². The van der Waals surface area contributed by atoms with Gasteiger partial charge in [-0.15, -0.1) is 0 Å². The van der Waals surface area contributed by atoms with Crippen LogP contribution in [0.5, 0.6) is 11.5 Å². The fourth-order valence-corrected chi connectivity index (χ4v) is 11.3.